The number of nitrogens with one attached hydrogen (secondary N) is 1. The van der Waals surface area contributed by atoms with E-state index < -0.39 is 27.4 Å². The summed E-state index contributed by atoms with van der Waals surface area (Å²) in [4.78, 5) is 31.9. The van der Waals surface area contributed by atoms with Gasteiger partial charge in [0.2, 0.25) is 10.0 Å². The molecule has 1 aliphatic rings. The SMILES string of the molecule is COC(=O)c1cncc(S(=O)(=O)NC2(C(=O)N(C)OC)CC2)c1. The minimum Gasteiger partial charge on any atom is -0.465 e. The number of methoxy groups -OCH3 is 1. The second-order valence-electron chi connectivity index (χ2n) is 5.07. The second kappa shape index (κ2) is 6.22. The summed E-state index contributed by atoms with van der Waals surface area (Å²) < 4.78 is 31.8. The summed E-state index contributed by atoms with van der Waals surface area (Å²) in [6.07, 6.45) is 3.02. The number of aromatic nitrogens is 1. The third-order valence-corrected chi connectivity index (χ3v) is 5.00. The fraction of sp³-hybridized carbons (Fsp3) is 0.462. The van der Waals surface area contributed by atoms with Gasteiger partial charge in [-0.1, -0.05) is 0 Å². The Bertz CT molecular complexity index is 729. The van der Waals surface area contributed by atoms with E-state index in [1.165, 1.54) is 27.5 Å². The van der Waals surface area contributed by atoms with E-state index >= 15 is 0 Å². The number of carbonyl (C=O) groups is 2. The number of likely N-dealkylation sites (N-methyl/N-ethyl adjacent to an activating group) is 1. The van der Waals surface area contributed by atoms with Crippen LogP contribution in [-0.2, 0) is 24.4 Å². The van der Waals surface area contributed by atoms with E-state index in [2.05, 4.69) is 14.4 Å². The van der Waals surface area contributed by atoms with Crippen molar-refractivity contribution in [2.24, 2.45) is 0 Å². The number of hydrogen-bond acceptors (Lipinski definition) is 7. The third kappa shape index (κ3) is 3.49. The maximum Gasteiger partial charge on any atom is 0.339 e. The first-order valence-electron chi connectivity index (χ1n) is 6.65. The van der Waals surface area contributed by atoms with Gasteiger partial charge >= 0.3 is 5.97 Å². The number of amides is 1. The molecule has 0 aromatic carbocycles. The molecule has 1 aromatic heterocycles. The highest BCUT2D eigenvalue weighted by Crippen LogP contribution is 2.38. The zero-order valence-corrected chi connectivity index (χ0v) is 13.7. The summed E-state index contributed by atoms with van der Waals surface area (Å²) in [6, 6.07) is 1.14. The van der Waals surface area contributed by atoms with Gasteiger partial charge in [0.1, 0.15) is 10.4 Å². The largest absolute Gasteiger partial charge is 0.465 e. The molecule has 0 unspecified atom stereocenters. The Balaban J connectivity index is 2.26. The molecule has 0 radical (unpaired) electrons. The fourth-order valence-corrected chi connectivity index (χ4v) is 3.39. The highest BCUT2D eigenvalue weighted by atomic mass is 32.2. The Kier molecular flexibility index (Phi) is 4.68. The Morgan fingerprint density at radius 1 is 1.30 bits per heavy atom. The average Bonchev–Trinajstić information content (AvgIpc) is 3.32. The van der Waals surface area contributed by atoms with Crippen LogP contribution in [0.2, 0.25) is 0 Å². The van der Waals surface area contributed by atoms with Crippen LogP contribution in [0, 0.1) is 0 Å². The first-order chi connectivity index (χ1) is 10.8. The van der Waals surface area contributed by atoms with E-state index in [-0.39, 0.29) is 10.5 Å². The number of pyridine rings is 1. The number of carbonyl (C=O) groups excluding carboxylic acids is 2. The van der Waals surface area contributed by atoms with Gasteiger partial charge in [-0.15, -0.1) is 0 Å². The fourth-order valence-electron chi connectivity index (χ4n) is 1.98. The van der Waals surface area contributed by atoms with Crippen molar-refractivity contribution >= 4 is 21.9 Å². The highest BCUT2D eigenvalue weighted by Gasteiger charge is 2.54. The zero-order valence-electron chi connectivity index (χ0n) is 12.9. The predicted octanol–water partition coefficient (Wildman–Crippen LogP) is -0.301. The minimum absolute atomic E-state index is 0.000517. The Hall–Kier alpha value is -2.04. The van der Waals surface area contributed by atoms with Crippen molar-refractivity contribution in [3.63, 3.8) is 0 Å². The molecule has 9 nitrogen and oxygen atoms in total. The summed E-state index contributed by atoms with van der Waals surface area (Å²) in [5.41, 5.74) is -1.22. The van der Waals surface area contributed by atoms with Gasteiger partial charge in [0, 0.05) is 19.4 Å². The first-order valence-corrected chi connectivity index (χ1v) is 8.14. The van der Waals surface area contributed by atoms with Gasteiger partial charge < -0.3 is 4.74 Å². The van der Waals surface area contributed by atoms with Crippen LogP contribution in [0.15, 0.2) is 23.4 Å². The van der Waals surface area contributed by atoms with Crippen molar-refractivity contribution in [3.8, 4) is 0 Å². The van der Waals surface area contributed by atoms with Crippen molar-refractivity contribution in [3.05, 3.63) is 24.0 Å². The van der Waals surface area contributed by atoms with Crippen LogP contribution in [0.1, 0.15) is 23.2 Å². The van der Waals surface area contributed by atoms with E-state index in [9.17, 15) is 18.0 Å². The van der Waals surface area contributed by atoms with Crippen molar-refractivity contribution in [2.75, 3.05) is 21.3 Å². The van der Waals surface area contributed by atoms with Crippen LogP contribution in [0.4, 0.5) is 0 Å². The lowest BCUT2D eigenvalue weighted by atomic mass is 10.3. The van der Waals surface area contributed by atoms with Crippen LogP contribution >= 0.6 is 0 Å². The van der Waals surface area contributed by atoms with Crippen LogP contribution in [0.5, 0.6) is 0 Å². The van der Waals surface area contributed by atoms with Gasteiger partial charge in [-0.05, 0) is 18.9 Å². The lowest BCUT2D eigenvalue weighted by molar-refractivity contribution is -0.171. The molecular formula is C13H17N3O6S. The van der Waals surface area contributed by atoms with E-state index in [0.29, 0.717) is 12.8 Å². The van der Waals surface area contributed by atoms with E-state index in [4.69, 9.17) is 4.84 Å². The van der Waals surface area contributed by atoms with Gasteiger partial charge in [0.15, 0.2) is 0 Å². The molecule has 1 saturated carbocycles. The smallest absolute Gasteiger partial charge is 0.339 e. The normalized spacial score (nSPS) is 15.8. The number of hydroxylamine groups is 2. The standard InChI is InChI=1S/C13H17N3O6S/c1-16(22-3)12(18)13(4-5-13)15-23(19,20)10-6-9(7-14-8-10)11(17)21-2/h6-8,15H,4-5H2,1-3H3. The van der Waals surface area contributed by atoms with Gasteiger partial charge in [0.05, 0.1) is 19.8 Å². The Morgan fingerprint density at radius 2 is 1.96 bits per heavy atom. The molecule has 126 valence electrons. The van der Waals surface area contributed by atoms with Gasteiger partial charge in [-0.3, -0.25) is 14.6 Å². The quantitative estimate of drug-likeness (QED) is 0.557. The van der Waals surface area contributed by atoms with Crippen LogP contribution in [0.25, 0.3) is 0 Å². The highest BCUT2D eigenvalue weighted by molar-refractivity contribution is 7.89. The molecule has 0 bridgehead atoms. The molecule has 1 heterocycles. The summed E-state index contributed by atoms with van der Waals surface area (Å²) >= 11 is 0. The van der Waals surface area contributed by atoms with Gasteiger partial charge in [-0.25, -0.2) is 18.3 Å². The predicted molar refractivity (Wildman–Crippen MR) is 77.6 cm³/mol. The molecule has 0 saturated heterocycles. The van der Waals surface area contributed by atoms with Crippen molar-refractivity contribution in [1.29, 1.82) is 0 Å². The molecule has 10 heteroatoms. The minimum atomic E-state index is -4.03. The molecule has 1 N–H and O–H groups in total. The third-order valence-electron chi connectivity index (χ3n) is 3.49. The van der Waals surface area contributed by atoms with Gasteiger partial charge in [-0.2, -0.15) is 4.72 Å². The molecule has 1 amide bonds. The average molecular weight is 343 g/mol. The van der Waals surface area contributed by atoms with Gasteiger partial charge in [0.25, 0.3) is 5.91 Å². The number of nitrogens with zero attached hydrogens (tertiary/aromatic N) is 2. The molecule has 23 heavy (non-hydrogen) atoms. The van der Waals surface area contributed by atoms with E-state index in [1.807, 2.05) is 0 Å². The van der Waals surface area contributed by atoms with Crippen molar-refractivity contribution < 1.29 is 27.6 Å². The topological polar surface area (TPSA) is 115 Å². The van der Waals surface area contributed by atoms with Crippen LogP contribution in [0.3, 0.4) is 0 Å². The number of ether oxygens (including phenoxy) is 1. The maximum atomic E-state index is 12.5. The molecule has 0 aliphatic heterocycles. The summed E-state index contributed by atoms with van der Waals surface area (Å²) in [5.74, 6) is -1.19. The molecular weight excluding hydrogens is 326 g/mol. The number of hydrogen-bond donors (Lipinski definition) is 1. The lowest BCUT2D eigenvalue weighted by Crippen LogP contribution is -2.49. The lowest BCUT2D eigenvalue weighted by Gasteiger charge is -2.22. The molecule has 1 fully saturated rings. The molecule has 0 atom stereocenters. The summed E-state index contributed by atoms with van der Waals surface area (Å²) in [5, 5.41) is 0.971. The van der Waals surface area contributed by atoms with Crippen LogP contribution in [-0.4, -0.2) is 57.1 Å². The maximum absolute atomic E-state index is 12.5. The van der Waals surface area contributed by atoms with Crippen molar-refractivity contribution in [1.82, 2.24) is 14.8 Å². The number of sulfonamides is 1. The first kappa shape index (κ1) is 17.3. The zero-order chi connectivity index (χ0) is 17.3. The Labute approximate surface area is 133 Å². The Morgan fingerprint density at radius 3 is 2.48 bits per heavy atom. The molecule has 1 aromatic rings. The number of rotatable bonds is 6. The summed E-state index contributed by atoms with van der Waals surface area (Å²) in [6.45, 7) is 0. The summed E-state index contributed by atoms with van der Waals surface area (Å²) in [7, 11) is -0.138. The molecule has 2 rings (SSSR count). The van der Waals surface area contributed by atoms with Crippen LogP contribution < -0.4 is 4.72 Å². The second-order valence-corrected chi connectivity index (χ2v) is 6.76. The van der Waals surface area contributed by atoms with E-state index in [1.54, 1.807) is 0 Å². The van der Waals surface area contributed by atoms with Crippen molar-refractivity contribution in [2.45, 2.75) is 23.3 Å². The number of esters is 1. The molecule has 0 spiro atoms. The van der Waals surface area contributed by atoms with E-state index in [0.717, 1.165) is 17.3 Å². The molecule has 1 aliphatic carbocycles. The monoisotopic (exact) mass is 343 g/mol.